The molecule has 0 unspecified atom stereocenters. The Hall–Kier alpha value is -3.86. The van der Waals surface area contributed by atoms with Gasteiger partial charge in [0.25, 0.3) is 0 Å². The van der Waals surface area contributed by atoms with Crippen LogP contribution >= 0.6 is 11.8 Å². The maximum atomic E-state index is 13.4. The molecule has 0 spiro atoms. The van der Waals surface area contributed by atoms with Crippen LogP contribution in [0.15, 0.2) is 60.8 Å². The third kappa shape index (κ3) is 8.07. The zero-order valence-corrected chi connectivity index (χ0v) is 22.1. The number of fused-ring (bicyclic) bond motifs is 13. The highest BCUT2D eigenvalue weighted by molar-refractivity contribution is 7.98. The second-order valence-corrected chi connectivity index (χ2v) is 10.00. The molecule has 38 heavy (non-hydrogen) atoms. The molecule has 10 nitrogen and oxygen atoms in total. The van der Waals surface area contributed by atoms with E-state index in [2.05, 4.69) is 26.3 Å². The van der Waals surface area contributed by atoms with E-state index in [0.29, 0.717) is 43.2 Å². The van der Waals surface area contributed by atoms with Gasteiger partial charge in [-0.25, -0.2) is 4.68 Å². The topological polar surface area (TPSA) is 127 Å². The highest BCUT2D eigenvalue weighted by atomic mass is 32.2. The first-order valence-electron chi connectivity index (χ1n) is 12.5. The van der Waals surface area contributed by atoms with Crippen LogP contribution < -0.4 is 20.7 Å². The molecule has 0 radical (unpaired) electrons. The van der Waals surface area contributed by atoms with Crippen molar-refractivity contribution in [2.24, 2.45) is 0 Å². The number of nitrogens with one attached hydrogen (secondary N) is 3. The molecule has 1 aromatic heterocycles. The van der Waals surface area contributed by atoms with E-state index >= 15 is 0 Å². The number of carbonyl (C=O) groups is 3. The molecule has 2 aliphatic heterocycles. The normalized spacial score (nSPS) is 19.1. The van der Waals surface area contributed by atoms with Gasteiger partial charge in [0.1, 0.15) is 30.1 Å². The Balaban J connectivity index is 1.57. The van der Waals surface area contributed by atoms with Crippen molar-refractivity contribution >= 4 is 29.5 Å². The van der Waals surface area contributed by atoms with E-state index in [9.17, 15) is 14.4 Å². The number of carbonyl (C=O) groups excluding carboxylic acids is 3. The molecule has 3 amide bonds. The van der Waals surface area contributed by atoms with E-state index in [-0.39, 0.29) is 24.8 Å². The van der Waals surface area contributed by atoms with Crippen molar-refractivity contribution in [1.29, 1.82) is 0 Å². The fourth-order valence-electron chi connectivity index (χ4n) is 4.06. The van der Waals surface area contributed by atoms with Gasteiger partial charge in [-0.1, -0.05) is 47.7 Å². The molecular formula is C27H32N6O4S. The predicted octanol–water partition coefficient (Wildman–Crippen LogP) is 1.49. The molecule has 0 fully saturated rings. The van der Waals surface area contributed by atoms with Gasteiger partial charge in [0.2, 0.25) is 17.7 Å². The summed E-state index contributed by atoms with van der Waals surface area (Å²) in [5, 5.41) is 16.8. The molecule has 200 valence electrons. The van der Waals surface area contributed by atoms with E-state index in [0.717, 1.165) is 11.1 Å². The van der Waals surface area contributed by atoms with Gasteiger partial charge in [-0.15, -0.1) is 5.10 Å². The summed E-state index contributed by atoms with van der Waals surface area (Å²) in [7, 11) is 0. The molecule has 5 rings (SSSR count). The number of thioether (sulfide) groups is 1. The zero-order chi connectivity index (χ0) is 26.7. The molecule has 2 aliphatic rings. The predicted molar refractivity (Wildman–Crippen MR) is 145 cm³/mol. The van der Waals surface area contributed by atoms with Crippen LogP contribution in [-0.2, 0) is 40.3 Å². The largest absolute Gasteiger partial charge is 0.492 e. The van der Waals surface area contributed by atoms with E-state index in [4.69, 9.17) is 4.74 Å². The van der Waals surface area contributed by atoms with Gasteiger partial charge >= 0.3 is 0 Å². The molecule has 2 aromatic carbocycles. The maximum Gasteiger partial charge on any atom is 0.243 e. The lowest BCUT2D eigenvalue weighted by molar-refractivity contribution is -0.132. The quantitative estimate of drug-likeness (QED) is 0.422. The van der Waals surface area contributed by atoms with Crippen LogP contribution in [0.4, 0.5) is 0 Å². The van der Waals surface area contributed by atoms with Gasteiger partial charge in [0, 0.05) is 6.42 Å². The molecule has 4 bridgehead atoms. The summed E-state index contributed by atoms with van der Waals surface area (Å²) in [6.07, 6.45) is 4.56. The minimum absolute atomic E-state index is 0.124. The lowest BCUT2D eigenvalue weighted by atomic mass is 10.0. The first-order chi connectivity index (χ1) is 18.5. The minimum atomic E-state index is -0.833. The molecule has 3 aromatic rings. The Morgan fingerprint density at radius 1 is 1.00 bits per heavy atom. The smallest absolute Gasteiger partial charge is 0.243 e. The van der Waals surface area contributed by atoms with Crippen LogP contribution in [-0.4, -0.2) is 63.4 Å². The molecule has 2 atom stereocenters. The molecular weight excluding hydrogens is 504 g/mol. The number of hydrogen-bond donors (Lipinski definition) is 3. The van der Waals surface area contributed by atoms with E-state index in [1.807, 2.05) is 60.9 Å². The van der Waals surface area contributed by atoms with Gasteiger partial charge in [0.05, 0.1) is 25.7 Å². The highest BCUT2D eigenvalue weighted by Crippen LogP contribution is 2.13. The maximum absolute atomic E-state index is 13.4. The average molecular weight is 537 g/mol. The van der Waals surface area contributed by atoms with E-state index < -0.39 is 18.0 Å². The number of benzene rings is 2. The van der Waals surface area contributed by atoms with E-state index in [1.54, 1.807) is 22.6 Å². The average Bonchev–Trinajstić information content (AvgIpc) is 3.38. The van der Waals surface area contributed by atoms with Crippen LogP contribution in [0.25, 0.3) is 0 Å². The van der Waals surface area contributed by atoms with Crippen LogP contribution in [0, 0.1) is 0 Å². The van der Waals surface area contributed by atoms with Gasteiger partial charge in [-0.2, -0.15) is 11.8 Å². The van der Waals surface area contributed by atoms with Crippen LogP contribution in [0.3, 0.4) is 0 Å². The van der Waals surface area contributed by atoms with Crippen molar-refractivity contribution < 1.29 is 19.1 Å². The van der Waals surface area contributed by atoms with Crippen molar-refractivity contribution in [3.05, 3.63) is 77.6 Å². The van der Waals surface area contributed by atoms with E-state index in [1.165, 1.54) is 0 Å². The van der Waals surface area contributed by atoms with Gasteiger partial charge < -0.3 is 20.7 Å². The Morgan fingerprint density at radius 3 is 2.55 bits per heavy atom. The van der Waals surface area contributed by atoms with Crippen molar-refractivity contribution in [2.45, 2.75) is 44.4 Å². The number of amides is 3. The van der Waals surface area contributed by atoms with Gasteiger partial charge in [0.15, 0.2) is 0 Å². The molecule has 11 heteroatoms. The van der Waals surface area contributed by atoms with Crippen molar-refractivity contribution in [2.75, 3.05) is 18.6 Å². The number of ether oxygens (including phenoxy) is 1. The molecule has 3 N–H and O–H groups in total. The third-order valence-electron chi connectivity index (χ3n) is 6.08. The Morgan fingerprint density at radius 2 is 1.79 bits per heavy atom. The molecule has 0 aliphatic carbocycles. The minimum Gasteiger partial charge on any atom is -0.492 e. The summed E-state index contributed by atoms with van der Waals surface area (Å²) in [4.78, 5) is 39.4. The zero-order valence-electron chi connectivity index (χ0n) is 21.3. The van der Waals surface area contributed by atoms with Crippen LogP contribution in [0.5, 0.6) is 5.75 Å². The second kappa shape index (κ2) is 13.6. The second-order valence-electron chi connectivity index (χ2n) is 9.01. The van der Waals surface area contributed by atoms with Crippen molar-refractivity contribution in [3.63, 3.8) is 0 Å². The lowest BCUT2D eigenvalue weighted by Gasteiger charge is -2.23. The Kier molecular flexibility index (Phi) is 9.74. The summed E-state index contributed by atoms with van der Waals surface area (Å²) < 4.78 is 7.43. The summed E-state index contributed by atoms with van der Waals surface area (Å²) in [6, 6.07) is 15.2. The van der Waals surface area contributed by atoms with Crippen LogP contribution in [0.2, 0.25) is 0 Å². The summed E-state index contributed by atoms with van der Waals surface area (Å²) in [5.74, 6) is 0.350. The fraction of sp³-hybridized carbons (Fsp3) is 0.370. The SMILES string of the molecule is CSCC[C@@H]1NC(=O)Cc2ccc(cc2)OCCn2cc(nn2)CNC(=O)[C@H](Cc2ccccc2)NC1=O. The Bertz CT molecular complexity index is 1220. The summed E-state index contributed by atoms with van der Waals surface area (Å²) in [6.45, 7) is 1.03. The fourth-order valence-corrected chi connectivity index (χ4v) is 4.53. The highest BCUT2D eigenvalue weighted by Gasteiger charge is 2.27. The Labute approximate surface area is 225 Å². The molecule has 0 saturated heterocycles. The summed E-state index contributed by atoms with van der Waals surface area (Å²) >= 11 is 1.58. The standard InChI is InChI=1S/C27H32N6O4S/c1-38-14-11-23-27(36)30-24(15-19-5-3-2-4-6-19)26(35)28-17-21-18-33(32-31-21)12-13-37-22-9-7-20(8-10-22)16-25(34)29-23/h2-10,18,23-24H,11-17H2,1H3,(H,28,35)(H,29,34)(H,30,36)/t23-,24-/m0/s1. The first kappa shape index (κ1) is 27.2. The van der Waals surface area contributed by atoms with Crippen LogP contribution in [0.1, 0.15) is 23.2 Å². The third-order valence-corrected chi connectivity index (χ3v) is 6.73. The molecule has 0 saturated carbocycles. The lowest BCUT2D eigenvalue weighted by Crippen LogP contribution is -2.54. The van der Waals surface area contributed by atoms with Gasteiger partial charge in [-0.3, -0.25) is 14.4 Å². The van der Waals surface area contributed by atoms with Crippen molar-refractivity contribution in [3.8, 4) is 5.75 Å². The number of aromatic nitrogens is 3. The molecule has 3 heterocycles. The monoisotopic (exact) mass is 536 g/mol. The number of hydrogen-bond acceptors (Lipinski definition) is 7. The first-order valence-corrected chi connectivity index (χ1v) is 13.9. The number of nitrogens with zero attached hydrogens (tertiary/aromatic N) is 3. The summed E-state index contributed by atoms with van der Waals surface area (Å²) in [5.41, 5.74) is 2.30. The number of rotatable bonds is 5. The van der Waals surface area contributed by atoms with Gasteiger partial charge in [-0.05, 0) is 41.7 Å². The van der Waals surface area contributed by atoms with Crippen molar-refractivity contribution in [1.82, 2.24) is 30.9 Å².